The van der Waals surface area contributed by atoms with Gasteiger partial charge in [-0.05, 0) is 41.6 Å². The summed E-state index contributed by atoms with van der Waals surface area (Å²) in [6, 6.07) is 9.25. The molecule has 8 heteroatoms. The molecule has 4 amide bonds. The van der Waals surface area contributed by atoms with Gasteiger partial charge in [-0.3, -0.25) is 9.59 Å². The van der Waals surface area contributed by atoms with Crippen molar-refractivity contribution in [2.75, 3.05) is 17.7 Å². The van der Waals surface area contributed by atoms with E-state index in [9.17, 15) is 14.4 Å². The molecule has 0 bridgehead atoms. The summed E-state index contributed by atoms with van der Waals surface area (Å²) in [6.07, 6.45) is 0. The lowest BCUT2D eigenvalue weighted by atomic mass is 10.0. The highest BCUT2D eigenvalue weighted by Crippen LogP contribution is 2.15. The molecule has 1 heterocycles. The van der Waals surface area contributed by atoms with E-state index in [1.54, 1.807) is 36.4 Å². The Balaban J connectivity index is 2.00. The van der Waals surface area contributed by atoms with Gasteiger partial charge in [-0.1, -0.05) is 19.9 Å². The van der Waals surface area contributed by atoms with Crippen LogP contribution in [-0.2, 0) is 4.79 Å². The Hall–Kier alpha value is -2.87. The quantitative estimate of drug-likeness (QED) is 0.625. The molecule has 2 aromatic rings. The molecule has 7 nitrogen and oxygen atoms in total. The highest BCUT2D eigenvalue weighted by molar-refractivity contribution is 7.12. The molecule has 0 aliphatic rings. The van der Waals surface area contributed by atoms with Gasteiger partial charge in [0.25, 0.3) is 5.91 Å². The van der Waals surface area contributed by atoms with Crippen molar-refractivity contribution in [1.29, 1.82) is 0 Å². The molecule has 0 aliphatic heterocycles. The first-order valence-electron chi connectivity index (χ1n) is 8.14. The van der Waals surface area contributed by atoms with Crippen LogP contribution in [0.2, 0.25) is 0 Å². The van der Waals surface area contributed by atoms with Gasteiger partial charge in [-0.15, -0.1) is 11.3 Å². The molecule has 1 atom stereocenters. The Bertz CT molecular complexity index is 757. The molecule has 0 radical (unpaired) electrons. The predicted octanol–water partition coefficient (Wildman–Crippen LogP) is 2.89. The van der Waals surface area contributed by atoms with Crippen LogP contribution in [0.15, 0.2) is 41.8 Å². The van der Waals surface area contributed by atoms with E-state index >= 15 is 0 Å². The molecular formula is C18H22N4O3S. The van der Waals surface area contributed by atoms with E-state index in [1.807, 2.05) is 19.2 Å². The number of amides is 4. The lowest BCUT2D eigenvalue weighted by Gasteiger charge is -2.21. The van der Waals surface area contributed by atoms with Crippen molar-refractivity contribution in [3.63, 3.8) is 0 Å². The minimum Gasteiger partial charge on any atom is -0.341 e. The zero-order chi connectivity index (χ0) is 19.1. The van der Waals surface area contributed by atoms with Crippen LogP contribution in [0.5, 0.6) is 0 Å². The van der Waals surface area contributed by atoms with Crippen molar-refractivity contribution < 1.29 is 14.4 Å². The number of hydrogen-bond acceptors (Lipinski definition) is 4. The molecule has 0 fully saturated rings. The number of benzene rings is 1. The zero-order valence-electron chi connectivity index (χ0n) is 14.8. The van der Waals surface area contributed by atoms with Crippen molar-refractivity contribution in [2.24, 2.45) is 5.92 Å². The van der Waals surface area contributed by atoms with Crippen LogP contribution in [0.25, 0.3) is 0 Å². The van der Waals surface area contributed by atoms with Gasteiger partial charge in [0.2, 0.25) is 5.91 Å². The van der Waals surface area contributed by atoms with E-state index in [2.05, 4.69) is 21.3 Å². The number of hydrogen-bond donors (Lipinski definition) is 4. The number of thiophene rings is 1. The van der Waals surface area contributed by atoms with Gasteiger partial charge in [0.05, 0.1) is 4.88 Å². The number of nitrogens with one attached hydrogen (secondary N) is 4. The van der Waals surface area contributed by atoms with E-state index in [0.717, 1.165) is 0 Å². The minimum atomic E-state index is -0.659. The van der Waals surface area contributed by atoms with Gasteiger partial charge >= 0.3 is 6.03 Å². The molecule has 26 heavy (non-hydrogen) atoms. The fourth-order valence-corrected chi connectivity index (χ4v) is 2.83. The van der Waals surface area contributed by atoms with Gasteiger partial charge in [-0.2, -0.15) is 0 Å². The minimum absolute atomic E-state index is 0.0758. The summed E-state index contributed by atoms with van der Waals surface area (Å²) in [5.41, 5.74) is 1.18. The first-order valence-corrected chi connectivity index (χ1v) is 9.02. The van der Waals surface area contributed by atoms with Crippen molar-refractivity contribution in [2.45, 2.75) is 19.9 Å². The smallest absolute Gasteiger partial charge is 0.318 e. The lowest BCUT2D eigenvalue weighted by Crippen LogP contribution is -2.46. The van der Waals surface area contributed by atoms with Gasteiger partial charge in [0.15, 0.2) is 0 Å². The van der Waals surface area contributed by atoms with Gasteiger partial charge in [-0.25, -0.2) is 4.79 Å². The number of urea groups is 1. The molecule has 0 aliphatic carbocycles. The van der Waals surface area contributed by atoms with E-state index in [1.165, 1.54) is 18.4 Å². The number of carbonyl (C=O) groups is 3. The zero-order valence-corrected chi connectivity index (χ0v) is 15.6. The average Bonchev–Trinajstić information content (AvgIpc) is 3.15. The summed E-state index contributed by atoms with van der Waals surface area (Å²) in [5.74, 6) is -0.635. The number of rotatable bonds is 6. The summed E-state index contributed by atoms with van der Waals surface area (Å²) in [6.45, 7) is 3.74. The van der Waals surface area contributed by atoms with Crippen LogP contribution in [0.1, 0.15) is 23.5 Å². The second-order valence-electron chi connectivity index (χ2n) is 5.94. The van der Waals surface area contributed by atoms with Crippen LogP contribution in [0.4, 0.5) is 16.2 Å². The van der Waals surface area contributed by atoms with Crippen LogP contribution < -0.4 is 21.3 Å². The molecular weight excluding hydrogens is 352 g/mol. The predicted molar refractivity (Wildman–Crippen MR) is 104 cm³/mol. The van der Waals surface area contributed by atoms with Crippen molar-refractivity contribution in [3.8, 4) is 0 Å². The maximum Gasteiger partial charge on any atom is 0.318 e. The average molecular weight is 374 g/mol. The Morgan fingerprint density at radius 2 is 1.58 bits per heavy atom. The Labute approximate surface area is 156 Å². The maximum atomic E-state index is 12.6. The first-order chi connectivity index (χ1) is 12.4. The summed E-state index contributed by atoms with van der Waals surface area (Å²) >= 11 is 1.33. The second kappa shape index (κ2) is 9.00. The van der Waals surface area contributed by atoms with Crippen molar-refractivity contribution >= 4 is 40.6 Å². The molecule has 1 aromatic heterocycles. The van der Waals surface area contributed by atoms with Crippen LogP contribution in [0, 0.1) is 5.92 Å². The second-order valence-corrected chi connectivity index (χ2v) is 6.89. The fraction of sp³-hybridized carbons (Fsp3) is 0.278. The van der Waals surface area contributed by atoms with Crippen LogP contribution in [0.3, 0.4) is 0 Å². The summed E-state index contributed by atoms with van der Waals surface area (Å²) < 4.78 is 0. The van der Waals surface area contributed by atoms with Crippen LogP contribution in [-0.4, -0.2) is 30.9 Å². The summed E-state index contributed by atoms with van der Waals surface area (Å²) in [5, 5.41) is 12.5. The molecule has 1 unspecified atom stereocenters. The van der Waals surface area contributed by atoms with Crippen molar-refractivity contribution in [3.05, 3.63) is 46.7 Å². The number of anilines is 2. The van der Waals surface area contributed by atoms with E-state index in [-0.39, 0.29) is 23.8 Å². The third kappa shape index (κ3) is 5.32. The largest absolute Gasteiger partial charge is 0.341 e. The fourth-order valence-electron chi connectivity index (χ4n) is 2.21. The Morgan fingerprint density at radius 1 is 0.962 bits per heavy atom. The third-order valence-electron chi connectivity index (χ3n) is 3.62. The van der Waals surface area contributed by atoms with Crippen LogP contribution >= 0.6 is 11.3 Å². The first kappa shape index (κ1) is 19.5. The lowest BCUT2D eigenvalue weighted by molar-refractivity contribution is -0.118. The van der Waals surface area contributed by atoms with E-state index in [4.69, 9.17) is 0 Å². The normalized spacial score (nSPS) is 11.5. The molecule has 138 valence electrons. The summed E-state index contributed by atoms with van der Waals surface area (Å²) in [7, 11) is 1.53. The summed E-state index contributed by atoms with van der Waals surface area (Å²) in [4.78, 5) is 36.6. The molecule has 0 spiro atoms. The van der Waals surface area contributed by atoms with E-state index < -0.39 is 6.04 Å². The molecule has 2 rings (SSSR count). The monoisotopic (exact) mass is 374 g/mol. The van der Waals surface area contributed by atoms with Gasteiger partial charge in [0.1, 0.15) is 6.04 Å². The highest BCUT2D eigenvalue weighted by Gasteiger charge is 2.25. The highest BCUT2D eigenvalue weighted by atomic mass is 32.1. The maximum absolute atomic E-state index is 12.6. The van der Waals surface area contributed by atoms with Gasteiger partial charge < -0.3 is 21.3 Å². The number of carbonyl (C=O) groups excluding carboxylic acids is 3. The SMILES string of the molecule is CNC(=O)Nc1ccc(NC(=O)C(NC(=O)c2cccs2)C(C)C)cc1. The topological polar surface area (TPSA) is 99.3 Å². The Kier molecular flexibility index (Phi) is 6.74. The standard InChI is InChI=1S/C18H22N4O3S/c1-11(2)15(22-16(23)14-5-4-10-26-14)17(24)20-12-6-8-13(9-7-12)21-18(25)19-3/h4-11,15H,1-3H3,(H,20,24)(H,22,23)(H2,19,21,25). The molecule has 4 N–H and O–H groups in total. The molecule has 0 saturated heterocycles. The van der Waals surface area contributed by atoms with Gasteiger partial charge in [0, 0.05) is 18.4 Å². The molecule has 0 saturated carbocycles. The third-order valence-corrected chi connectivity index (χ3v) is 4.49. The molecule has 1 aromatic carbocycles. The van der Waals surface area contributed by atoms with Crippen molar-refractivity contribution in [1.82, 2.24) is 10.6 Å². The van der Waals surface area contributed by atoms with E-state index in [0.29, 0.717) is 16.3 Å². The Morgan fingerprint density at radius 3 is 2.08 bits per heavy atom.